The Labute approximate surface area is 188 Å². The molecule has 166 valence electrons. The molecular weight excluding hydrogens is 432 g/mol. The Bertz CT molecular complexity index is 1170. The lowest BCUT2D eigenvalue weighted by atomic mass is 10.1. The van der Waals surface area contributed by atoms with Crippen molar-refractivity contribution >= 4 is 34.1 Å². The third-order valence-electron chi connectivity index (χ3n) is 4.95. The van der Waals surface area contributed by atoms with Gasteiger partial charge in [0.15, 0.2) is 12.4 Å². The predicted octanol–water partition coefficient (Wildman–Crippen LogP) is 2.72. The van der Waals surface area contributed by atoms with Crippen LogP contribution in [0.3, 0.4) is 0 Å². The maximum atomic E-state index is 12.5. The number of fused-ring (bicyclic) bond motifs is 1. The van der Waals surface area contributed by atoms with Gasteiger partial charge in [-0.25, -0.2) is 9.48 Å². The standard InChI is InChI=1S/C22H22N4O5S/c1-2-30-22(29)19-15(11-26(25-19)13-7-4-3-5-8-13)31-12-17(27)24-21-18(20(23)28)14-9-6-10-16(14)32-21/h3-5,7-8,11H,2,6,9-10,12H2,1H3,(H2,23,28)(H,24,27). The summed E-state index contributed by atoms with van der Waals surface area (Å²) in [6.45, 7) is 1.48. The van der Waals surface area contributed by atoms with Gasteiger partial charge in [0.05, 0.1) is 24.1 Å². The molecule has 2 heterocycles. The molecule has 32 heavy (non-hydrogen) atoms. The molecule has 1 aliphatic rings. The van der Waals surface area contributed by atoms with Crippen molar-refractivity contribution < 1.29 is 23.9 Å². The van der Waals surface area contributed by atoms with Gasteiger partial charge in [-0.3, -0.25) is 9.59 Å². The summed E-state index contributed by atoms with van der Waals surface area (Å²) in [4.78, 5) is 37.8. The Kier molecular flexibility index (Phi) is 6.22. The van der Waals surface area contributed by atoms with E-state index in [-0.39, 0.29) is 24.7 Å². The second kappa shape index (κ2) is 9.23. The summed E-state index contributed by atoms with van der Waals surface area (Å²) >= 11 is 1.36. The number of thiophene rings is 1. The molecule has 3 aromatic rings. The van der Waals surface area contributed by atoms with E-state index in [0.717, 1.165) is 35.4 Å². The number of nitrogens with two attached hydrogens (primary N) is 1. The van der Waals surface area contributed by atoms with Crippen LogP contribution in [-0.4, -0.2) is 40.8 Å². The number of carbonyl (C=O) groups is 3. The van der Waals surface area contributed by atoms with Crippen LogP contribution in [0.1, 0.15) is 44.6 Å². The lowest BCUT2D eigenvalue weighted by Crippen LogP contribution is -2.22. The van der Waals surface area contributed by atoms with Crippen LogP contribution in [0.25, 0.3) is 5.69 Å². The number of anilines is 1. The first-order chi connectivity index (χ1) is 15.5. The van der Waals surface area contributed by atoms with Crippen molar-refractivity contribution in [2.75, 3.05) is 18.5 Å². The van der Waals surface area contributed by atoms with Crippen molar-refractivity contribution in [2.24, 2.45) is 5.73 Å². The number of esters is 1. The summed E-state index contributed by atoms with van der Waals surface area (Å²) in [5.74, 6) is -1.57. The highest BCUT2D eigenvalue weighted by Gasteiger charge is 2.26. The molecule has 0 saturated carbocycles. The van der Waals surface area contributed by atoms with Crippen LogP contribution in [0.2, 0.25) is 0 Å². The lowest BCUT2D eigenvalue weighted by Gasteiger charge is -2.08. The summed E-state index contributed by atoms with van der Waals surface area (Å²) < 4.78 is 12.1. The van der Waals surface area contributed by atoms with Gasteiger partial charge < -0.3 is 20.5 Å². The summed E-state index contributed by atoms with van der Waals surface area (Å²) in [5.41, 5.74) is 7.52. The van der Waals surface area contributed by atoms with Crippen molar-refractivity contribution in [2.45, 2.75) is 26.2 Å². The highest BCUT2D eigenvalue weighted by molar-refractivity contribution is 7.17. The van der Waals surface area contributed by atoms with Crippen molar-refractivity contribution in [3.63, 3.8) is 0 Å². The predicted molar refractivity (Wildman–Crippen MR) is 119 cm³/mol. The lowest BCUT2D eigenvalue weighted by molar-refractivity contribution is -0.118. The van der Waals surface area contributed by atoms with Gasteiger partial charge in [0.1, 0.15) is 5.00 Å². The summed E-state index contributed by atoms with van der Waals surface area (Å²) in [5, 5.41) is 7.40. The number of ether oxygens (including phenoxy) is 2. The number of hydrogen-bond donors (Lipinski definition) is 2. The van der Waals surface area contributed by atoms with Gasteiger partial charge in [0, 0.05) is 4.88 Å². The number of rotatable bonds is 8. The molecule has 1 aliphatic carbocycles. The fraction of sp³-hybridized carbons (Fsp3) is 0.273. The number of primary amides is 1. The Morgan fingerprint density at radius 2 is 2.00 bits per heavy atom. The molecule has 4 rings (SSSR count). The van der Waals surface area contributed by atoms with Gasteiger partial charge in [-0.05, 0) is 43.9 Å². The van der Waals surface area contributed by atoms with E-state index in [1.807, 2.05) is 30.3 Å². The second-order valence-corrected chi connectivity index (χ2v) is 8.21. The number of nitrogens with zero attached hydrogens (tertiary/aromatic N) is 2. The minimum absolute atomic E-state index is 0.0311. The van der Waals surface area contributed by atoms with Crippen LogP contribution in [0.15, 0.2) is 36.5 Å². The molecule has 0 radical (unpaired) electrons. The molecule has 0 fully saturated rings. The molecule has 0 unspecified atom stereocenters. The normalized spacial score (nSPS) is 12.3. The molecule has 0 bridgehead atoms. The summed E-state index contributed by atoms with van der Waals surface area (Å²) in [6.07, 6.45) is 4.14. The zero-order valence-corrected chi connectivity index (χ0v) is 18.2. The third-order valence-corrected chi connectivity index (χ3v) is 6.16. The molecule has 0 spiro atoms. The van der Waals surface area contributed by atoms with Gasteiger partial charge in [0.25, 0.3) is 11.8 Å². The highest BCUT2D eigenvalue weighted by Crippen LogP contribution is 2.38. The smallest absolute Gasteiger partial charge is 0.362 e. The molecule has 0 aliphatic heterocycles. The maximum Gasteiger partial charge on any atom is 0.362 e. The van der Waals surface area contributed by atoms with Crippen LogP contribution in [-0.2, 0) is 22.4 Å². The number of carbonyl (C=O) groups excluding carboxylic acids is 3. The van der Waals surface area contributed by atoms with Crippen molar-refractivity contribution in [1.82, 2.24) is 9.78 Å². The third kappa shape index (κ3) is 4.35. The van der Waals surface area contributed by atoms with E-state index in [4.69, 9.17) is 15.2 Å². The van der Waals surface area contributed by atoms with Gasteiger partial charge in [-0.1, -0.05) is 18.2 Å². The Morgan fingerprint density at radius 3 is 2.72 bits per heavy atom. The van der Waals surface area contributed by atoms with E-state index < -0.39 is 17.8 Å². The minimum Gasteiger partial charge on any atom is -0.480 e. The zero-order valence-electron chi connectivity index (χ0n) is 17.4. The number of hydrogen-bond acceptors (Lipinski definition) is 7. The summed E-state index contributed by atoms with van der Waals surface area (Å²) in [6, 6.07) is 9.18. The van der Waals surface area contributed by atoms with E-state index in [2.05, 4.69) is 10.4 Å². The maximum absolute atomic E-state index is 12.5. The Hall–Kier alpha value is -3.66. The van der Waals surface area contributed by atoms with Crippen LogP contribution >= 0.6 is 11.3 Å². The van der Waals surface area contributed by atoms with Gasteiger partial charge in [0.2, 0.25) is 5.69 Å². The number of amides is 2. The topological polar surface area (TPSA) is 126 Å². The van der Waals surface area contributed by atoms with E-state index in [0.29, 0.717) is 10.6 Å². The van der Waals surface area contributed by atoms with E-state index >= 15 is 0 Å². The van der Waals surface area contributed by atoms with Crippen molar-refractivity contribution in [3.05, 3.63) is 58.2 Å². The number of para-hydroxylation sites is 1. The quantitative estimate of drug-likeness (QED) is 0.504. The summed E-state index contributed by atoms with van der Waals surface area (Å²) in [7, 11) is 0. The van der Waals surface area contributed by atoms with Crippen molar-refractivity contribution in [1.29, 1.82) is 0 Å². The molecule has 10 heteroatoms. The molecular formula is C22H22N4O5S. The number of aryl methyl sites for hydroxylation is 1. The van der Waals surface area contributed by atoms with Crippen LogP contribution in [0, 0.1) is 0 Å². The van der Waals surface area contributed by atoms with Crippen LogP contribution < -0.4 is 15.8 Å². The number of benzene rings is 1. The molecule has 1 aromatic carbocycles. The Balaban J connectivity index is 1.51. The molecule has 2 amide bonds. The fourth-order valence-electron chi connectivity index (χ4n) is 3.58. The molecule has 3 N–H and O–H groups in total. The molecule has 9 nitrogen and oxygen atoms in total. The van der Waals surface area contributed by atoms with Crippen molar-refractivity contribution in [3.8, 4) is 11.4 Å². The minimum atomic E-state index is -0.650. The Morgan fingerprint density at radius 1 is 1.22 bits per heavy atom. The fourth-order valence-corrected chi connectivity index (χ4v) is 4.89. The highest BCUT2D eigenvalue weighted by atomic mass is 32.1. The SMILES string of the molecule is CCOC(=O)c1nn(-c2ccccc2)cc1OCC(=O)Nc1sc2c(c1C(N)=O)CCC2. The average molecular weight is 455 g/mol. The van der Waals surface area contributed by atoms with Gasteiger partial charge >= 0.3 is 5.97 Å². The van der Waals surface area contributed by atoms with Gasteiger partial charge in [-0.15, -0.1) is 11.3 Å². The van der Waals surface area contributed by atoms with E-state index in [9.17, 15) is 14.4 Å². The number of nitrogens with one attached hydrogen (secondary N) is 1. The molecule has 0 atom stereocenters. The second-order valence-electron chi connectivity index (χ2n) is 7.11. The monoisotopic (exact) mass is 454 g/mol. The van der Waals surface area contributed by atoms with Crippen LogP contribution in [0.4, 0.5) is 5.00 Å². The van der Waals surface area contributed by atoms with E-state index in [1.54, 1.807) is 6.92 Å². The number of aromatic nitrogens is 2. The zero-order chi connectivity index (χ0) is 22.7. The average Bonchev–Trinajstić information content (AvgIpc) is 3.47. The van der Waals surface area contributed by atoms with Gasteiger partial charge in [-0.2, -0.15) is 5.10 Å². The largest absolute Gasteiger partial charge is 0.480 e. The first-order valence-corrected chi connectivity index (χ1v) is 11.0. The molecule has 2 aromatic heterocycles. The first-order valence-electron chi connectivity index (χ1n) is 10.2. The molecule has 0 saturated heterocycles. The van der Waals surface area contributed by atoms with Crippen LogP contribution in [0.5, 0.6) is 5.75 Å². The van der Waals surface area contributed by atoms with E-state index in [1.165, 1.54) is 22.2 Å². The first kappa shape index (κ1) is 21.6.